The number of aldehydes is 1. The molecule has 0 unspecified atom stereocenters. The molecule has 21 heavy (non-hydrogen) atoms. The molecule has 0 aromatic carbocycles. The van der Waals surface area contributed by atoms with Crippen molar-refractivity contribution < 1.29 is 4.79 Å². The van der Waals surface area contributed by atoms with Crippen LogP contribution in [0.1, 0.15) is 12.1 Å². The number of rotatable bonds is 4. The van der Waals surface area contributed by atoms with Gasteiger partial charge in [-0.15, -0.1) is 0 Å². The maximum atomic E-state index is 10.4. The van der Waals surface area contributed by atoms with E-state index in [0.717, 1.165) is 34.1 Å². The number of nitrogens with zero attached hydrogens (tertiary/aromatic N) is 4. The average Bonchev–Trinajstić information content (AvgIpc) is 2.85. The van der Waals surface area contributed by atoms with Crippen LogP contribution in [0.4, 0.5) is 0 Å². The molecule has 3 aromatic heterocycles. The van der Waals surface area contributed by atoms with Crippen molar-refractivity contribution in [1.82, 2.24) is 19.7 Å². The lowest BCUT2D eigenvalue weighted by molar-refractivity contribution is -0.108. The third-order valence-electron chi connectivity index (χ3n) is 3.24. The Kier molecular flexibility index (Phi) is 3.66. The molecule has 0 amide bonds. The Morgan fingerprint density at radius 2 is 2.19 bits per heavy atom. The van der Waals surface area contributed by atoms with Gasteiger partial charge in [-0.25, -0.2) is 4.98 Å². The molecule has 0 aliphatic heterocycles. The van der Waals surface area contributed by atoms with E-state index in [0.29, 0.717) is 18.1 Å². The Bertz CT molecular complexity index is 813. The number of aryl methyl sites for hydroxylation is 2. The van der Waals surface area contributed by atoms with Gasteiger partial charge in [0.15, 0.2) is 0 Å². The van der Waals surface area contributed by atoms with Gasteiger partial charge in [0.25, 0.3) is 0 Å². The summed E-state index contributed by atoms with van der Waals surface area (Å²) in [5.74, 6) is 0. The van der Waals surface area contributed by atoms with Gasteiger partial charge < -0.3 is 4.79 Å². The van der Waals surface area contributed by atoms with Crippen molar-refractivity contribution in [3.8, 4) is 11.1 Å². The third-order valence-corrected chi connectivity index (χ3v) is 3.45. The Morgan fingerprint density at radius 3 is 3.00 bits per heavy atom. The first-order valence-corrected chi connectivity index (χ1v) is 6.95. The molecule has 0 fully saturated rings. The smallest absolute Gasteiger partial charge is 0.129 e. The van der Waals surface area contributed by atoms with Crippen molar-refractivity contribution in [3.05, 3.63) is 41.4 Å². The highest BCUT2D eigenvalue weighted by Crippen LogP contribution is 2.25. The zero-order valence-corrected chi connectivity index (χ0v) is 12.2. The number of carbonyl (C=O) groups is 1. The first-order valence-electron chi connectivity index (χ1n) is 6.58. The van der Waals surface area contributed by atoms with E-state index in [4.69, 9.17) is 11.6 Å². The van der Waals surface area contributed by atoms with Gasteiger partial charge in [-0.05, 0) is 25.1 Å². The van der Waals surface area contributed by atoms with Gasteiger partial charge in [0.05, 0.1) is 16.7 Å². The first-order chi connectivity index (χ1) is 10.2. The molecule has 3 heterocycles. The largest absolute Gasteiger partial charge is 0.303 e. The third kappa shape index (κ3) is 2.78. The summed E-state index contributed by atoms with van der Waals surface area (Å²) in [5.41, 5.74) is 4.36. The van der Waals surface area contributed by atoms with Crippen LogP contribution in [0.3, 0.4) is 0 Å². The maximum Gasteiger partial charge on any atom is 0.129 e. The van der Waals surface area contributed by atoms with Gasteiger partial charge in [-0.2, -0.15) is 5.10 Å². The molecule has 0 atom stereocenters. The van der Waals surface area contributed by atoms with E-state index in [1.807, 2.05) is 25.3 Å². The fourth-order valence-electron chi connectivity index (χ4n) is 2.23. The minimum atomic E-state index is 0.444. The number of fused-ring (bicyclic) bond motifs is 1. The average molecular weight is 301 g/mol. The Labute approximate surface area is 126 Å². The molecule has 0 radical (unpaired) electrons. The molecule has 3 rings (SSSR count). The number of halogens is 1. The summed E-state index contributed by atoms with van der Waals surface area (Å²) < 4.78 is 1.77. The number of pyridine rings is 2. The molecule has 0 spiro atoms. The van der Waals surface area contributed by atoms with Crippen LogP contribution in [0, 0.1) is 6.92 Å². The lowest BCUT2D eigenvalue weighted by Gasteiger charge is -2.01. The van der Waals surface area contributed by atoms with Crippen molar-refractivity contribution >= 4 is 28.9 Å². The van der Waals surface area contributed by atoms with Crippen LogP contribution >= 0.6 is 11.6 Å². The number of hydrogen-bond donors (Lipinski definition) is 0. The number of hydrogen-bond acceptors (Lipinski definition) is 4. The van der Waals surface area contributed by atoms with Crippen molar-refractivity contribution in [1.29, 1.82) is 0 Å². The summed E-state index contributed by atoms with van der Waals surface area (Å²) in [7, 11) is 0. The van der Waals surface area contributed by atoms with Crippen LogP contribution in [0.5, 0.6) is 0 Å². The predicted octanol–water partition coefficient (Wildman–Crippen LogP) is 3.04. The topological polar surface area (TPSA) is 60.7 Å². The van der Waals surface area contributed by atoms with Crippen LogP contribution in [0.15, 0.2) is 30.6 Å². The van der Waals surface area contributed by atoms with Gasteiger partial charge in [-0.3, -0.25) is 9.67 Å². The van der Waals surface area contributed by atoms with E-state index in [-0.39, 0.29) is 0 Å². The Hall–Kier alpha value is -2.27. The van der Waals surface area contributed by atoms with Crippen LogP contribution in [0.25, 0.3) is 22.2 Å². The molecule has 6 heteroatoms. The van der Waals surface area contributed by atoms with Crippen molar-refractivity contribution in [2.75, 3.05) is 0 Å². The lowest BCUT2D eigenvalue weighted by atomic mass is 10.1. The van der Waals surface area contributed by atoms with Crippen LogP contribution in [0.2, 0.25) is 5.15 Å². The van der Waals surface area contributed by atoms with Gasteiger partial charge in [0.2, 0.25) is 0 Å². The number of aromatic nitrogens is 4. The highest BCUT2D eigenvalue weighted by molar-refractivity contribution is 6.29. The second-order valence-corrected chi connectivity index (χ2v) is 5.13. The van der Waals surface area contributed by atoms with Gasteiger partial charge in [0, 0.05) is 36.5 Å². The molecule has 0 N–H and O–H groups in total. The minimum Gasteiger partial charge on any atom is -0.303 e. The van der Waals surface area contributed by atoms with E-state index in [1.165, 1.54) is 0 Å². The van der Waals surface area contributed by atoms with E-state index >= 15 is 0 Å². The second-order valence-electron chi connectivity index (χ2n) is 4.74. The zero-order valence-electron chi connectivity index (χ0n) is 11.5. The summed E-state index contributed by atoms with van der Waals surface area (Å²) >= 11 is 5.92. The molecular weight excluding hydrogens is 288 g/mol. The highest BCUT2D eigenvalue weighted by atomic mass is 35.5. The minimum absolute atomic E-state index is 0.444. The molecule has 3 aromatic rings. The first kappa shape index (κ1) is 13.7. The maximum absolute atomic E-state index is 10.4. The normalized spacial score (nSPS) is 11.0. The van der Waals surface area contributed by atoms with E-state index in [2.05, 4.69) is 15.1 Å². The van der Waals surface area contributed by atoms with Gasteiger partial charge in [-0.1, -0.05) is 11.6 Å². The van der Waals surface area contributed by atoms with E-state index in [1.54, 1.807) is 16.9 Å². The fraction of sp³-hybridized carbons (Fsp3) is 0.200. The standard InChI is InChI=1S/C15H13ClN4O/c1-10-12(9-20(19-10)5-2-6-21)11-7-14-13(17-8-11)3-4-15(16)18-14/h3-4,6-9H,2,5H2,1H3. The quantitative estimate of drug-likeness (QED) is 0.549. The molecule has 5 nitrogen and oxygen atoms in total. The van der Waals surface area contributed by atoms with Gasteiger partial charge in [0.1, 0.15) is 11.4 Å². The summed E-state index contributed by atoms with van der Waals surface area (Å²) in [5, 5.41) is 4.85. The van der Waals surface area contributed by atoms with Crippen molar-refractivity contribution in [2.45, 2.75) is 19.9 Å². The molecule has 0 aliphatic rings. The molecule has 0 saturated carbocycles. The number of carbonyl (C=O) groups excluding carboxylic acids is 1. The SMILES string of the molecule is Cc1nn(CCC=O)cc1-c1cnc2ccc(Cl)nc2c1. The summed E-state index contributed by atoms with van der Waals surface area (Å²) in [6.07, 6.45) is 5.06. The summed E-state index contributed by atoms with van der Waals surface area (Å²) in [6.45, 7) is 2.51. The fourth-order valence-corrected chi connectivity index (χ4v) is 2.38. The zero-order chi connectivity index (χ0) is 14.8. The summed E-state index contributed by atoms with van der Waals surface area (Å²) in [4.78, 5) is 19.1. The molecular formula is C15H13ClN4O. The lowest BCUT2D eigenvalue weighted by Crippen LogP contribution is -1.98. The van der Waals surface area contributed by atoms with Crippen molar-refractivity contribution in [3.63, 3.8) is 0 Å². The highest BCUT2D eigenvalue weighted by Gasteiger charge is 2.09. The molecule has 0 saturated heterocycles. The van der Waals surface area contributed by atoms with E-state index < -0.39 is 0 Å². The Morgan fingerprint density at radius 1 is 1.33 bits per heavy atom. The Balaban J connectivity index is 2.03. The van der Waals surface area contributed by atoms with Crippen molar-refractivity contribution in [2.24, 2.45) is 0 Å². The predicted molar refractivity (Wildman–Crippen MR) is 81.2 cm³/mol. The van der Waals surface area contributed by atoms with Crippen LogP contribution < -0.4 is 0 Å². The van der Waals surface area contributed by atoms with Crippen LogP contribution in [-0.4, -0.2) is 26.0 Å². The molecule has 0 aliphatic carbocycles. The molecule has 106 valence electrons. The van der Waals surface area contributed by atoms with Crippen LogP contribution in [-0.2, 0) is 11.3 Å². The second kappa shape index (κ2) is 5.61. The summed E-state index contributed by atoms with van der Waals surface area (Å²) in [6, 6.07) is 5.51. The van der Waals surface area contributed by atoms with Gasteiger partial charge >= 0.3 is 0 Å². The molecule has 0 bridgehead atoms. The van der Waals surface area contributed by atoms with E-state index in [9.17, 15) is 4.79 Å². The monoisotopic (exact) mass is 300 g/mol.